The van der Waals surface area contributed by atoms with E-state index >= 15 is 0 Å². The molecule has 0 aliphatic carbocycles. The number of hydrogen-bond acceptors (Lipinski definition) is 2. The van der Waals surface area contributed by atoms with Gasteiger partial charge in [0.05, 0.1) is 11.8 Å². The van der Waals surface area contributed by atoms with E-state index in [-0.39, 0.29) is 5.89 Å². The first-order valence-corrected chi connectivity index (χ1v) is 6.73. The minimum Gasteiger partial charge on any atom is -0.430 e. The number of oxazole rings is 1. The molecule has 5 heteroatoms. The van der Waals surface area contributed by atoms with Crippen molar-refractivity contribution in [3.63, 3.8) is 0 Å². The van der Waals surface area contributed by atoms with E-state index in [1.807, 2.05) is 30.3 Å². The van der Waals surface area contributed by atoms with Gasteiger partial charge in [-0.2, -0.15) is 13.2 Å². The van der Waals surface area contributed by atoms with Crippen LogP contribution in [0, 0.1) is 11.8 Å². The van der Waals surface area contributed by atoms with Crippen LogP contribution in [0.25, 0.3) is 11.3 Å². The lowest BCUT2D eigenvalue weighted by Crippen LogP contribution is -2.03. The van der Waals surface area contributed by atoms with Crippen LogP contribution in [0.3, 0.4) is 0 Å². The van der Waals surface area contributed by atoms with Gasteiger partial charge in [-0.25, -0.2) is 4.98 Å². The summed E-state index contributed by atoms with van der Waals surface area (Å²) in [6.07, 6.45) is -2.91. The minimum absolute atomic E-state index is 0.212. The lowest BCUT2D eigenvalue weighted by Gasteiger charge is -2.06. The fraction of sp³-hybridized carbons (Fsp3) is 0.0556. The molecule has 114 valence electrons. The summed E-state index contributed by atoms with van der Waals surface area (Å²) < 4.78 is 43.1. The van der Waals surface area contributed by atoms with Crippen LogP contribution in [0.1, 0.15) is 17.0 Å². The summed E-state index contributed by atoms with van der Waals surface area (Å²) in [6, 6.07) is 14.0. The highest BCUT2D eigenvalue weighted by Crippen LogP contribution is 2.31. The van der Waals surface area contributed by atoms with Gasteiger partial charge < -0.3 is 4.42 Å². The number of hydrogen-bond donors (Lipinski definition) is 0. The molecule has 0 saturated carbocycles. The lowest BCUT2D eigenvalue weighted by atomic mass is 10.1. The smallest absolute Gasteiger partial charge is 0.416 e. The van der Waals surface area contributed by atoms with Crippen LogP contribution in [0.4, 0.5) is 13.2 Å². The fourth-order valence-electron chi connectivity index (χ4n) is 1.94. The van der Waals surface area contributed by atoms with Crippen molar-refractivity contribution < 1.29 is 17.6 Å². The second-order valence-corrected chi connectivity index (χ2v) is 4.72. The van der Waals surface area contributed by atoms with E-state index in [0.717, 1.165) is 17.7 Å². The molecular weight excluding hydrogens is 303 g/mol. The zero-order valence-electron chi connectivity index (χ0n) is 11.8. The van der Waals surface area contributed by atoms with Crippen LogP contribution >= 0.6 is 0 Å². The molecule has 0 aliphatic rings. The normalized spacial score (nSPS) is 10.9. The highest BCUT2D eigenvalue weighted by Gasteiger charge is 2.30. The van der Waals surface area contributed by atoms with Gasteiger partial charge in [0, 0.05) is 11.1 Å². The summed E-state index contributed by atoms with van der Waals surface area (Å²) in [5.41, 5.74) is 0.630. The van der Waals surface area contributed by atoms with Crippen LogP contribution in [0.15, 0.2) is 65.2 Å². The van der Waals surface area contributed by atoms with E-state index in [2.05, 4.69) is 16.8 Å². The average molecular weight is 313 g/mol. The lowest BCUT2D eigenvalue weighted by molar-refractivity contribution is -0.137. The van der Waals surface area contributed by atoms with E-state index in [1.54, 1.807) is 0 Å². The Morgan fingerprint density at radius 2 is 1.57 bits per heavy atom. The predicted octanol–water partition coefficient (Wildman–Crippen LogP) is 4.76. The first-order valence-electron chi connectivity index (χ1n) is 6.73. The topological polar surface area (TPSA) is 26.0 Å². The molecule has 0 fully saturated rings. The van der Waals surface area contributed by atoms with Gasteiger partial charge in [0.25, 0.3) is 5.89 Å². The van der Waals surface area contributed by atoms with Crippen molar-refractivity contribution in [2.45, 2.75) is 6.18 Å². The summed E-state index contributed by atoms with van der Waals surface area (Å²) in [6.45, 7) is 0. The molecule has 2 nitrogen and oxygen atoms in total. The molecule has 1 heterocycles. The number of aromatic nitrogens is 1. The van der Waals surface area contributed by atoms with Crippen LogP contribution in [0.2, 0.25) is 0 Å². The van der Waals surface area contributed by atoms with Crippen LogP contribution < -0.4 is 0 Å². The summed E-state index contributed by atoms with van der Waals surface area (Å²) in [4.78, 5) is 4.02. The highest BCUT2D eigenvalue weighted by molar-refractivity contribution is 5.57. The number of nitrogens with zero attached hydrogens (tertiary/aromatic N) is 1. The third-order valence-electron chi connectivity index (χ3n) is 3.09. The molecule has 0 amide bonds. The van der Waals surface area contributed by atoms with Crippen LogP contribution in [-0.2, 0) is 6.18 Å². The molecule has 2 aromatic carbocycles. The van der Waals surface area contributed by atoms with E-state index in [1.165, 1.54) is 18.3 Å². The van der Waals surface area contributed by atoms with E-state index in [0.29, 0.717) is 11.3 Å². The molecule has 23 heavy (non-hydrogen) atoms. The molecule has 3 rings (SSSR count). The van der Waals surface area contributed by atoms with Gasteiger partial charge in [0.1, 0.15) is 0 Å². The van der Waals surface area contributed by atoms with Crippen molar-refractivity contribution in [1.29, 1.82) is 0 Å². The van der Waals surface area contributed by atoms with Gasteiger partial charge in [-0.3, -0.25) is 0 Å². The van der Waals surface area contributed by atoms with Gasteiger partial charge in [-0.1, -0.05) is 36.3 Å². The number of halogens is 3. The van der Waals surface area contributed by atoms with E-state index < -0.39 is 11.7 Å². The Morgan fingerprint density at radius 3 is 2.22 bits per heavy atom. The SMILES string of the molecule is FC(F)(F)c1ccc(-c2cnc(C#Cc3ccccc3)o2)cc1. The third kappa shape index (κ3) is 3.61. The molecule has 0 spiro atoms. The maximum Gasteiger partial charge on any atom is 0.416 e. The van der Waals surface area contributed by atoms with Gasteiger partial charge in [-0.15, -0.1) is 0 Å². The molecule has 0 aliphatic heterocycles. The largest absolute Gasteiger partial charge is 0.430 e. The Kier molecular flexibility index (Phi) is 3.90. The number of alkyl halides is 3. The molecule has 0 N–H and O–H groups in total. The van der Waals surface area contributed by atoms with Crippen LogP contribution in [-0.4, -0.2) is 4.98 Å². The Bertz CT molecular complexity index is 853. The minimum atomic E-state index is -4.35. The van der Waals surface area contributed by atoms with Crippen molar-refractivity contribution >= 4 is 0 Å². The maximum atomic E-state index is 12.5. The second kappa shape index (κ2) is 6.01. The van der Waals surface area contributed by atoms with Crippen molar-refractivity contribution in [1.82, 2.24) is 4.98 Å². The average Bonchev–Trinajstić information content (AvgIpc) is 3.02. The fourth-order valence-corrected chi connectivity index (χ4v) is 1.94. The van der Waals surface area contributed by atoms with Gasteiger partial charge in [-0.05, 0) is 30.2 Å². The summed E-state index contributed by atoms with van der Waals surface area (Å²) in [5.74, 6) is 6.26. The Hall–Kier alpha value is -3.00. The molecule has 0 unspecified atom stereocenters. The number of rotatable bonds is 1. The zero-order chi connectivity index (χ0) is 16.3. The van der Waals surface area contributed by atoms with Gasteiger partial charge >= 0.3 is 6.18 Å². The van der Waals surface area contributed by atoms with Crippen molar-refractivity contribution in [3.8, 4) is 23.2 Å². The first-order chi connectivity index (χ1) is 11.0. The summed E-state index contributed by atoms with van der Waals surface area (Å²) in [7, 11) is 0. The highest BCUT2D eigenvalue weighted by atomic mass is 19.4. The van der Waals surface area contributed by atoms with Gasteiger partial charge in [0.15, 0.2) is 5.76 Å². The predicted molar refractivity (Wildman–Crippen MR) is 79.4 cm³/mol. The first kappa shape index (κ1) is 14.9. The monoisotopic (exact) mass is 313 g/mol. The molecule has 3 aromatic rings. The quantitative estimate of drug-likeness (QED) is 0.605. The third-order valence-corrected chi connectivity index (χ3v) is 3.09. The van der Waals surface area contributed by atoms with E-state index in [4.69, 9.17) is 4.42 Å². The van der Waals surface area contributed by atoms with Crippen molar-refractivity contribution in [2.75, 3.05) is 0 Å². The second-order valence-electron chi connectivity index (χ2n) is 4.72. The molecule has 1 aromatic heterocycles. The Labute approximate surface area is 130 Å². The molecule has 0 bridgehead atoms. The Morgan fingerprint density at radius 1 is 0.870 bits per heavy atom. The molecule has 0 radical (unpaired) electrons. The van der Waals surface area contributed by atoms with E-state index in [9.17, 15) is 13.2 Å². The van der Waals surface area contributed by atoms with Crippen LogP contribution in [0.5, 0.6) is 0 Å². The van der Waals surface area contributed by atoms with Crippen molar-refractivity contribution in [2.24, 2.45) is 0 Å². The standard InChI is InChI=1S/C18H10F3NO/c19-18(20,21)15-9-7-14(8-10-15)16-12-22-17(23-16)11-6-13-4-2-1-3-5-13/h1-5,7-10,12H. The maximum absolute atomic E-state index is 12.5. The zero-order valence-corrected chi connectivity index (χ0v) is 11.8. The van der Waals surface area contributed by atoms with Gasteiger partial charge in [0.2, 0.25) is 0 Å². The molecular formula is C18H10F3NO. The molecule has 0 saturated heterocycles. The van der Waals surface area contributed by atoms with Crippen molar-refractivity contribution in [3.05, 3.63) is 77.8 Å². The summed E-state index contributed by atoms with van der Waals surface area (Å²) >= 11 is 0. The number of benzene rings is 2. The Balaban J connectivity index is 1.81. The molecule has 0 atom stereocenters. The summed E-state index contributed by atoms with van der Waals surface area (Å²) in [5, 5.41) is 0.